The molecule has 0 spiro atoms. The van der Waals surface area contributed by atoms with E-state index in [9.17, 15) is 18.1 Å². The Hall–Kier alpha value is -1.29. The zero-order chi connectivity index (χ0) is 20.2. The second-order valence-electron chi connectivity index (χ2n) is 5.92. The van der Waals surface area contributed by atoms with E-state index in [1.54, 1.807) is 16.4 Å². The Morgan fingerprint density at radius 1 is 1.15 bits per heavy atom. The smallest absolute Gasteiger partial charge is 0.162 e. The van der Waals surface area contributed by atoms with Crippen molar-refractivity contribution >= 4 is 34.2 Å². The number of halogens is 4. The molecule has 0 radical (unpaired) electrons. The molecule has 2 atom stereocenters. The SMILES string of the molecule is O=S(c1ccc(Cl)cc1Cl)N1CCC(O)(CO)C1.Oc1ccc(F)c(F)c1. The molecule has 148 valence electrons. The zero-order valence-corrected chi connectivity index (χ0v) is 16.2. The quantitative estimate of drug-likeness (QED) is 0.686. The number of hydrogen-bond acceptors (Lipinski definition) is 4. The molecule has 5 nitrogen and oxygen atoms in total. The first-order valence-corrected chi connectivity index (χ1v) is 9.60. The van der Waals surface area contributed by atoms with Gasteiger partial charge in [-0.3, -0.25) is 0 Å². The molecular formula is C17H17Cl2F2NO4S. The van der Waals surface area contributed by atoms with Crippen LogP contribution in [0.15, 0.2) is 41.3 Å². The maximum absolute atomic E-state index is 12.3. The van der Waals surface area contributed by atoms with Gasteiger partial charge in [0.25, 0.3) is 0 Å². The lowest BCUT2D eigenvalue weighted by Gasteiger charge is -2.20. The summed E-state index contributed by atoms with van der Waals surface area (Å²) in [6.07, 6.45) is 0.389. The van der Waals surface area contributed by atoms with Crippen molar-refractivity contribution in [1.82, 2.24) is 4.31 Å². The van der Waals surface area contributed by atoms with E-state index < -0.39 is 28.2 Å². The number of rotatable bonds is 3. The summed E-state index contributed by atoms with van der Waals surface area (Å²) in [6.45, 7) is 0.271. The summed E-state index contributed by atoms with van der Waals surface area (Å²) in [5.74, 6) is -2.25. The Balaban J connectivity index is 0.000000244. The first-order chi connectivity index (χ1) is 12.6. The Labute approximate surface area is 167 Å². The molecule has 10 heteroatoms. The summed E-state index contributed by atoms with van der Waals surface area (Å²) >= 11 is 11.8. The van der Waals surface area contributed by atoms with Crippen LogP contribution in [0.2, 0.25) is 10.0 Å². The van der Waals surface area contributed by atoms with E-state index in [0.29, 0.717) is 27.9 Å². The van der Waals surface area contributed by atoms with Gasteiger partial charge in [0, 0.05) is 24.2 Å². The van der Waals surface area contributed by atoms with E-state index in [4.69, 9.17) is 33.4 Å². The lowest BCUT2D eigenvalue weighted by Crippen LogP contribution is -2.37. The van der Waals surface area contributed by atoms with Gasteiger partial charge < -0.3 is 15.3 Å². The van der Waals surface area contributed by atoms with Crippen LogP contribution in [0.4, 0.5) is 8.78 Å². The van der Waals surface area contributed by atoms with Gasteiger partial charge in [-0.05, 0) is 36.8 Å². The minimum atomic E-state index is -1.46. The highest BCUT2D eigenvalue weighted by atomic mass is 35.5. The number of nitrogens with zero attached hydrogens (tertiary/aromatic N) is 1. The van der Waals surface area contributed by atoms with E-state index >= 15 is 0 Å². The highest BCUT2D eigenvalue weighted by molar-refractivity contribution is 7.82. The number of aliphatic hydroxyl groups excluding tert-OH is 1. The normalized spacial score (nSPS) is 20.8. The van der Waals surface area contributed by atoms with Crippen molar-refractivity contribution in [2.24, 2.45) is 0 Å². The minimum absolute atomic E-state index is 0.162. The Kier molecular flexibility index (Phi) is 7.55. The molecule has 1 saturated heterocycles. The number of hydrogen-bond donors (Lipinski definition) is 3. The van der Waals surface area contributed by atoms with Gasteiger partial charge in [0.1, 0.15) is 22.3 Å². The molecule has 3 N–H and O–H groups in total. The molecule has 2 unspecified atom stereocenters. The van der Waals surface area contributed by atoms with Gasteiger partial charge in [-0.25, -0.2) is 17.3 Å². The maximum Gasteiger partial charge on any atom is 0.162 e. The molecule has 2 aromatic carbocycles. The minimum Gasteiger partial charge on any atom is -0.508 e. The average molecular weight is 440 g/mol. The molecule has 27 heavy (non-hydrogen) atoms. The fourth-order valence-corrected chi connectivity index (χ4v) is 4.24. The molecule has 2 aromatic rings. The molecule has 0 amide bonds. The molecule has 1 heterocycles. The van der Waals surface area contributed by atoms with Crippen molar-refractivity contribution in [3.8, 4) is 5.75 Å². The highest BCUT2D eigenvalue weighted by Gasteiger charge is 2.38. The lowest BCUT2D eigenvalue weighted by atomic mass is 10.1. The van der Waals surface area contributed by atoms with Crippen LogP contribution in [0.1, 0.15) is 6.42 Å². The second-order valence-corrected chi connectivity index (χ2v) is 8.22. The summed E-state index contributed by atoms with van der Waals surface area (Å²) in [4.78, 5) is 0.461. The van der Waals surface area contributed by atoms with Crippen LogP contribution in [0.25, 0.3) is 0 Å². The highest BCUT2D eigenvalue weighted by Crippen LogP contribution is 2.29. The van der Waals surface area contributed by atoms with E-state index in [-0.39, 0.29) is 18.9 Å². The monoisotopic (exact) mass is 439 g/mol. The number of β-amino-alcohol motifs (C(OH)–C–C–N with tert-alkyl or cyclic N) is 1. The molecule has 3 rings (SSSR count). The molecule has 1 aliphatic heterocycles. The fraction of sp³-hybridized carbons (Fsp3) is 0.294. The van der Waals surface area contributed by atoms with E-state index in [2.05, 4.69) is 0 Å². The van der Waals surface area contributed by atoms with E-state index in [1.165, 1.54) is 6.07 Å². The van der Waals surface area contributed by atoms with Gasteiger partial charge in [0.2, 0.25) is 0 Å². The first-order valence-electron chi connectivity index (χ1n) is 7.74. The third-order valence-electron chi connectivity index (χ3n) is 3.81. The third kappa shape index (κ3) is 5.84. The van der Waals surface area contributed by atoms with Gasteiger partial charge in [0.05, 0.1) is 16.5 Å². The van der Waals surface area contributed by atoms with Gasteiger partial charge >= 0.3 is 0 Å². The fourth-order valence-electron chi connectivity index (χ4n) is 2.33. The van der Waals surface area contributed by atoms with Crippen LogP contribution < -0.4 is 0 Å². The molecule has 1 aliphatic rings. The number of phenols is 1. The maximum atomic E-state index is 12.3. The molecule has 1 fully saturated rings. The summed E-state index contributed by atoms with van der Waals surface area (Å²) in [6, 6.07) is 7.43. The van der Waals surface area contributed by atoms with Crippen LogP contribution >= 0.6 is 23.2 Å². The average Bonchev–Trinajstić information content (AvgIpc) is 3.02. The van der Waals surface area contributed by atoms with Crippen LogP contribution in [0, 0.1) is 11.6 Å². The standard InChI is InChI=1S/C11H13Cl2NO3S.C6H4F2O/c12-8-1-2-10(9(13)5-8)18(17)14-4-3-11(16,6-14)7-15;7-5-2-1-4(9)3-6(5)8/h1-2,5,15-16H,3-4,6-7H2;1-3,9H. The predicted octanol–water partition coefficient (Wildman–Crippen LogP) is 3.12. The lowest BCUT2D eigenvalue weighted by molar-refractivity contribution is -0.000502. The van der Waals surface area contributed by atoms with Gasteiger partial charge in [-0.2, -0.15) is 0 Å². The van der Waals surface area contributed by atoms with Crippen LogP contribution in [0.5, 0.6) is 5.75 Å². The molecule has 0 aromatic heterocycles. The van der Waals surface area contributed by atoms with Crippen LogP contribution in [0.3, 0.4) is 0 Å². The van der Waals surface area contributed by atoms with Crippen molar-refractivity contribution in [3.63, 3.8) is 0 Å². The number of aromatic hydroxyl groups is 1. The van der Waals surface area contributed by atoms with Crippen molar-refractivity contribution in [2.75, 3.05) is 19.7 Å². The molecular weight excluding hydrogens is 423 g/mol. The summed E-state index contributed by atoms with van der Waals surface area (Å²) in [5.41, 5.74) is -1.17. The van der Waals surface area contributed by atoms with Crippen molar-refractivity contribution in [1.29, 1.82) is 0 Å². The predicted molar refractivity (Wildman–Crippen MR) is 99.1 cm³/mol. The van der Waals surface area contributed by atoms with Crippen molar-refractivity contribution in [2.45, 2.75) is 16.9 Å². The first kappa shape index (κ1) is 22.0. The Morgan fingerprint density at radius 2 is 1.85 bits per heavy atom. The number of aliphatic hydroxyl groups is 2. The van der Waals surface area contributed by atoms with Crippen LogP contribution in [-0.4, -0.2) is 49.1 Å². The van der Waals surface area contributed by atoms with Gasteiger partial charge in [0.15, 0.2) is 11.6 Å². The van der Waals surface area contributed by atoms with Crippen molar-refractivity contribution in [3.05, 3.63) is 58.1 Å². The topological polar surface area (TPSA) is 81.0 Å². The Morgan fingerprint density at radius 3 is 2.37 bits per heavy atom. The third-order valence-corrected chi connectivity index (χ3v) is 5.98. The largest absolute Gasteiger partial charge is 0.508 e. The zero-order valence-electron chi connectivity index (χ0n) is 13.9. The second kappa shape index (κ2) is 9.27. The van der Waals surface area contributed by atoms with Crippen LogP contribution in [-0.2, 0) is 11.0 Å². The van der Waals surface area contributed by atoms with Gasteiger partial charge in [-0.1, -0.05) is 23.2 Å². The molecule has 0 aliphatic carbocycles. The van der Waals surface area contributed by atoms with Gasteiger partial charge in [-0.15, -0.1) is 0 Å². The Bertz CT molecular complexity index is 843. The molecule has 0 saturated carbocycles. The molecule has 0 bridgehead atoms. The van der Waals surface area contributed by atoms with Crippen molar-refractivity contribution < 1.29 is 28.3 Å². The summed E-state index contributed by atoms with van der Waals surface area (Å²) in [7, 11) is -1.46. The van der Waals surface area contributed by atoms with E-state index in [1.807, 2.05) is 0 Å². The van der Waals surface area contributed by atoms with E-state index in [0.717, 1.165) is 18.2 Å². The number of benzene rings is 2. The summed E-state index contributed by atoms with van der Waals surface area (Å²) in [5, 5.41) is 28.3. The summed E-state index contributed by atoms with van der Waals surface area (Å²) < 4.78 is 37.9. The number of phenolic OH excluding ortho intramolecular Hbond substituents is 1.